The van der Waals surface area contributed by atoms with Crippen molar-refractivity contribution in [2.24, 2.45) is 7.05 Å². The summed E-state index contributed by atoms with van der Waals surface area (Å²) in [6.07, 6.45) is 0.736. The van der Waals surface area contributed by atoms with Crippen molar-refractivity contribution in [1.82, 2.24) is 14.8 Å². The number of benzene rings is 2. The molecule has 24 heavy (non-hydrogen) atoms. The number of nitrogens with zero attached hydrogens (tertiary/aromatic N) is 3. The molecule has 3 rings (SSSR count). The molecule has 1 heterocycles. The van der Waals surface area contributed by atoms with Gasteiger partial charge in [0.05, 0.1) is 7.11 Å². The minimum absolute atomic E-state index is 0.736. The topological polar surface area (TPSA) is 39.9 Å². The summed E-state index contributed by atoms with van der Waals surface area (Å²) in [6.45, 7) is 0. The molecule has 0 N–H and O–H groups in total. The fraction of sp³-hybridized carbons (Fsp3) is 0.222. The molecule has 0 aliphatic carbocycles. The number of thioether (sulfide) groups is 1. The predicted molar refractivity (Wildman–Crippen MR) is 97.8 cm³/mol. The van der Waals surface area contributed by atoms with Crippen LogP contribution in [0.3, 0.4) is 0 Å². The molecule has 0 saturated heterocycles. The Morgan fingerprint density at radius 1 is 1.08 bits per heavy atom. The Morgan fingerprint density at radius 3 is 2.62 bits per heavy atom. The Labute approximate surface area is 150 Å². The molecule has 3 aromatic rings. The number of hydrogen-bond acceptors (Lipinski definition) is 4. The van der Waals surface area contributed by atoms with Crippen LogP contribution in [0.2, 0.25) is 5.02 Å². The average molecular weight is 360 g/mol. The van der Waals surface area contributed by atoms with Crippen molar-refractivity contribution in [3.05, 3.63) is 70.5 Å². The van der Waals surface area contributed by atoms with Crippen molar-refractivity contribution in [2.75, 3.05) is 7.11 Å². The third-order valence-corrected chi connectivity index (χ3v) is 5.05. The molecule has 0 unspecified atom stereocenters. The maximum Gasteiger partial charge on any atom is 0.191 e. The van der Waals surface area contributed by atoms with Gasteiger partial charge in [-0.05, 0) is 35.4 Å². The van der Waals surface area contributed by atoms with Gasteiger partial charge in [-0.2, -0.15) is 0 Å². The summed E-state index contributed by atoms with van der Waals surface area (Å²) in [4.78, 5) is 0. The van der Waals surface area contributed by atoms with Crippen molar-refractivity contribution in [3.63, 3.8) is 0 Å². The van der Waals surface area contributed by atoms with Gasteiger partial charge in [-0.3, -0.25) is 0 Å². The Morgan fingerprint density at radius 2 is 1.88 bits per heavy atom. The third kappa shape index (κ3) is 4.10. The van der Waals surface area contributed by atoms with Crippen LogP contribution in [0.1, 0.15) is 17.0 Å². The number of methoxy groups -OCH3 is 1. The van der Waals surface area contributed by atoms with Crippen LogP contribution < -0.4 is 4.74 Å². The number of hydrogen-bond donors (Lipinski definition) is 0. The van der Waals surface area contributed by atoms with E-state index in [9.17, 15) is 0 Å². The van der Waals surface area contributed by atoms with Gasteiger partial charge in [-0.25, -0.2) is 0 Å². The van der Waals surface area contributed by atoms with Crippen molar-refractivity contribution in [2.45, 2.75) is 17.3 Å². The molecule has 0 spiro atoms. The van der Waals surface area contributed by atoms with Crippen molar-refractivity contribution in [3.8, 4) is 5.75 Å². The van der Waals surface area contributed by atoms with Crippen LogP contribution in [0.25, 0.3) is 0 Å². The fourth-order valence-electron chi connectivity index (χ4n) is 2.32. The van der Waals surface area contributed by atoms with Crippen molar-refractivity contribution in [1.29, 1.82) is 0 Å². The normalized spacial score (nSPS) is 10.8. The first-order chi connectivity index (χ1) is 11.7. The monoisotopic (exact) mass is 359 g/mol. The molecule has 124 valence electrons. The summed E-state index contributed by atoms with van der Waals surface area (Å²) < 4.78 is 7.30. The summed E-state index contributed by atoms with van der Waals surface area (Å²) in [5.74, 6) is 2.63. The van der Waals surface area contributed by atoms with Crippen LogP contribution in [-0.2, 0) is 19.2 Å². The third-order valence-electron chi connectivity index (χ3n) is 3.70. The first-order valence-corrected chi connectivity index (χ1v) is 8.90. The standard InChI is InChI=1S/C18H18ClN3OS/c1-22-17(11-13-6-8-15(19)9-7-13)20-21-18(22)24-12-14-4-3-5-16(10-14)23-2/h3-10H,11-12H2,1-2H3. The molecule has 6 heteroatoms. The lowest BCUT2D eigenvalue weighted by atomic mass is 10.1. The van der Waals surface area contributed by atoms with Crippen LogP contribution >= 0.6 is 23.4 Å². The lowest BCUT2D eigenvalue weighted by Gasteiger charge is -2.06. The fourth-order valence-corrected chi connectivity index (χ4v) is 3.32. The second-order valence-corrected chi connectivity index (χ2v) is 6.78. The first-order valence-electron chi connectivity index (χ1n) is 7.54. The summed E-state index contributed by atoms with van der Waals surface area (Å²) in [6, 6.07) is 15.9. The van der Waals surface area contributed by atoms with Crippen LogP contribution in [0.4, 0.5) is 0 Å². The van der Waals surface area contributed by atoms with Crippen LogP contribution in [0.5, 0.6) is 5.75 Å². The molecule has 0 aliphatic heterocycles. The summed E-state index contributed by atoms with van der Waals surface area (Å²) in [5, 5.41) is 10.3. The minimum Gasteiger partial charge on any atom is -0.497 e. The summed E-state index contributed by atoms with van der Waals surface area (Å²) >= 11 is 7.59. The lowest BCUT2D eigenvalue weighted by molar-refractivity contribution is 0.414. The van der Waals surface area contributed by atoms with Gasteiger partial charge in [0.2, 0.25) is 0 Å². The largest absolute Gasteiger partial charge is 0.497 e. The van der Waals surface area contributed by atoms with Gasteiger partial charge in [0.1, 0.15) is 11.6 Å². The summed E-state index contributed by atoms with van der Waals surface area (Å²) in [5.41, 5.74) is 2.36. The molecule has 0 saturated carbocycles. The highest BCUT2D eigenvalue weighted by Crippen LogP contribution is 2.24. The average Bonchev–Trinajstić information content (AvgIpc) is 2.95. The maximum absolute atomic E-state index is 5.93. The molecule has 1 aromatic heterocycles. The molecule has 0 amide bonds. The molecular formula is C18H18ClN3OS. The van der Waals surface area contributed by atoms with E-state index in [1.54, 1.807) is 18.9 Å². The van der Waals surface area contributed by atoms with E-state index in [4.69, 9.17) is 16.3 Å². The van der Waals surface area contributed by atoms with Crippen molar-refractivity contribution >= 4 is 23.4 Å². The maximum atomic E-state index is 5.93. The molecule has 4 nitrogen and oxygen atoms in total. The number of halogens is 1. The Balaban J connectivity index is 1.67. The Hall–Kier alpha value is -1.98. The van der Waals surface area contributed by atoms with E-state index in [0.29, 0.717) is 0 Å². The highest BCUT2D eigenvalue weighted by Gasteiger charge is 2.10. The van der Waals surface area contributed by atoms with E-state index < -0.39 is 0 Å². The zero-order chi connectivity index (χ0) is 16.9. The quantitative estimate of drug-likeness (QED) is 0.613. The molecule has 2 aromatic carbocycles. The zero-order valence-corrected chi connectivity index (χ0v) is 15.1. The molecule has 0 atom stereocenters. The van der Waals surface area contributed by atoms with E-state index in [2.05, 4.69) is 16.3 Å². The smallest absolute Gasteiger partial charge is 0.191 e. The van der Waals surface area contributed by atoms with E-state index in [0.717, 1.165) is 33.9 Å². The molecular weight excluding hydrogens is 342 g/mol. The van der Waals surface area contributed by atoms with Gasteiger partial charge in [0, 0.05) is 24.2 Å². The first kappa shape index (κ1) is 16.9. The van der Waals surface area contributed by atoms with E-state index >= 15 is 0 Å². The minimum atomic E-state index is 0.736. The van der Waals surface area contributed by atoms with Gasteiger partial charge < -0.3 is 9.30 Å². The van der Waals surface area contributed by atoms with Crippen LogP contribution in [-0.4, -0.2) is 21.9 Å². The lowest BCUT2D eigenvalue weighted by Crippen LogP contribution is -2.00. The van der Waals surface area contributed by atoms with Gasteiger partial charge in [0.25, 0.3) is 0 Å². The predicted octanol–water partition coefficient (Wildman–Crippen LogP) is 4.36. The number of ether oxygens (including phenoxy) is 1. The molecule has 0 radical (unpaired) electrons. The highest BCUT2D eigenvalue weighted by molar-refractivity contribution is 7.98. The zero-order valence-electron chi connectivity index (χ0n) is 13.6. The van der Waals surface area contributed by atoms with Gasteiger partial charge >= 0.3 is 0 Å². The Bertz CT molecular complexity index is 817. The van der Waals surface area contributed by atoms with E-state index in [1.807, 2.05) is 54.1 Å². The highest BCUT2D eigenvalue weighted by atomic mass is 35.5. The van der Waals surface area contributed by atoms with Crippen molar-refractivity contribution < 1.29 is 4.74 Å². The SMILES string of the molecule is COc1cccc(CSc2nnc(Cc3ccc(Cl)cc3)n2C)c1. The van der Waals surface area contributed by atoms with E-state index in [-0.39, 0.29) is 0 Å². The number of aromatic nitrogens is 3. The second-order valence-electron chi connectivity index (χ2n) is 5.40. The molecule has 0 aliphatic rings. The second kappa shape index (κ2) is 7.73. The molecule has 0 bridgehead atoms. The van der Waals surface area contributed by atoms with Crippen LogP contribution in [0, 0.1) is 0 Å². The summed E-state index contributed by atoms with van der Waals surface area (Å²) in [7, 11) is 3.68. The van der Waals surface area contributed by atoms with Gasteiger partial charge in [0.15, 0.2) is 5.16 Å². The van der Waals surface area contributed by atoms with Gasteiger partial charge in [-0.15, -0.1) is 10.2 Å². The Kier molecular flexibility index (Phi) is 5.43. The van der Waals surface area contributed by atoms with Gasteiger partial charge in [-0.1, -0.05) is 47.6 Å². The molecule has 0 fully saturated rings. The van der Waals surface area contributed by atoms with E-state index in [1.165, 1.54) is 11.1 Å². The van der Waals surface area contributed by atoms with Crippen LogP contribution in [0.15, 0.2) is 53.7 Å². The number of rotatable bonds is 6.